The Labute approximate surface area is 153 Å². The summed E-state index contributed by atoms with van der Waals surface area (Å²) in [5, 5.41) is 1.16. The van der Waals surface area contributed by atoms with Crippen molar-refractivity contribution in [1.29, 1.82) is 0 Å². The molecule has 0 saturated heterocycles. The van der Waals surface area contributed by atoms with Crippen molar-refractivity contribution in [1.82, 2.24) is 9.97 Å². The molecule has 1 heterocycles. The van der Waals surface area contributed by atoms with E-state index in [1.807, 2.05) is 0 Å². The third-order valence-corrected chi connectivity index (χ3v) is 9.84. The first-order valence-corrected chi connectivity index (χ1v) is 16.7. The van der Waals surface area contributed by atoms with E-state index in [1.54, 1.807) is 6.33 Å². The summed E-state index contributed by atoms with van der Waals surface area (Å²) in [7, 11) is 0. The third kappa shape index (κ3) is 3.37. The van der Waals surface area contributed by atoms with Gasteiger partial charge in [-0.1, -0.05) is 0 Å². The second-order valence-electron chi connectivity index (χ2n) is 8.31. The molecule has 0 unspecified atom stereocenters. The van der Waals surface area contributed by atoms with E-state index < -0.39 is 13.3 Å². The number of rotatable bonds is 3. The molecule has 2 nitrogen and oxygen atoms in total. The van der Waals surface area contributed by atoms with Crippen LogP contribution in [0.3, 0.4) is 0 Å². The molecule has 128 valence electrons. The molecule has 0 N–H and O–H groups in total. The van der Waals surface area contributed by atoms with E-state index in [0.29, 0.717) is 0 Å². The van der Waals surface area contributed by atoms with Crippen molar-refractivity contribution in [3.63, 3.8) is 0 Å². The summed E-state index contributed by atoms with van der Waals surface area (Å²) in [4.78, 5) is 9.15. The van der Waals surface area contributed by atoms with E-state index in [1.165, 1.54) is 41.2 Å². The second-order valence-corrected chi connectivity index (χ2v) is 19.0. The summed E-state index contributed by atoms with van der Waals surface area (Å²) in [5.41, 5.74) is 4.77. The Bertz CT molecular complexity index is 888. The van der Waals surface area contributed by atoms with Crippen molar-refractivity contribution in [3.8, 4) is 11.3 Å². The van der Waals surface area contributed by atoms with Crippen molar-refractivity contribution >= 4 is 28.6 Å². The first kappa shape index (κ1) is 16.8. The van der Waals surface area contributed by atoms with E-state index in [2.05, 4.69) is 69.7 Å². The molecule has 1 aliphatic rings. The van der Waals surface area contributed by atoms with Crippen LogP contribution in [0.2, 0.25) is 17.3 Å². The minimum atomic E-state index is -1.77. The molecule has 0 amide bonds. The monoisotopic (exact) mass is 392 g/mol. The second kappa shape index (κ2) is 6.56. The van der Waals surface area contributed by atoms with Gasteiger partial charge in [-0.25, -0.2) is 0 Å². The quantitative estimate of drug-likeness (QED) is 0.552. The molecule has 1 fully saturated rings. The Kier molecular flexibility index (Phi) is 4.40. The van der Waals surface area contributed by atoms with Gasteiger partial charge in [0.2, 0.25) is 0 Å². The Morgan fingerprint density at radius 2 is 1.60 bits per heavy atom. The van der Waals surface area contributed by atoms with Crippen LogP contribution in [0.4, 0.5) is 0 Å². The molecule has 0 atom stereocenters. The molecule has 1 aromatic heterocycles. The number of benzene rings is 2. The Balaban J connectivity index is 1.74. The summed E-state index contributed by atoms with van der Waals surface area (Å²) >= 11 is -1.77. The predicted octanol–water partition coefficient (Wildman–Crippen LogP) is 5.50. The van der Waals surface area contributed by atoms with Gasteiger partial charge >= 0.3 is 153 Å². The van der Waals surface area contributed by atoms with Gasteiger partial charge in [0.25, 0.3) is 0 Å². The number of hydrogen-bond donors (Lipinski definition) is 0. The average molecular weight is 391 g/mol. The minimum absolute atomic E-state index is 0.723. The van der Waals surface area contributed by atoms with Crippen molar-refractivity contribution in [2.45, 2.75) is 48.9 Å². The van der Waals surface area contributed by atoms with Crippen LogP contribution in [0.25, 0.3) is 22.2 Å². The van der Waals surface area contributed by atoms with E-state index in [9.17, 15) is 0 Å². The van der Waals surface area contributed by atoms with Gasteiger partial charge in [-0.2, -0.15) is 0 Å². The number of fused-ring (bicyclic) bond motifs is 1. The zero-order valence-electron chi connectivity index (χ0n) is 15.4. The first-order chi connectivity index (χ1) is 12.0. The van der Waals surface area contributed by atoms with Crippen LogP contribution < -0.4 is 4.40 Å². The Morgan fingerprint density at radius 3 is 2.28 bits per heavy atom. The molecule has 0 aliphatic heterocycles. The summed E-state index contributed by atoms with van der Waals surface area (Å²) in [6.45, 7) is 0. The molecule has 0 bridgehead atoms. The van der Waals surface area contributed by atoms with E-state index in [0.717, 1.165) is 22.5 Å². The van der Waals surface area contributed by atoms with Crippen molar-refractivity contribution in [2.24, 2.45) is 0 Å². The SMILES string of the molecule is [CH3][Ge]([CH3])([CH3])[c]1ccc(-c2ncnc3cc(C4CCCC4)ccc23)cc1. The van der Waals surface area contributed by atoms with Crippen LogP contribution in [0, 0.1) is 0 Å². The normalized spacial score (nSPS) is 15.8. The summed E-state index contributed by atoms with van der Waals surface area (Å²) in [5.74, 6) is 8.01. The molecule has 0 spiro atoms. The first-order valence-electron chi connectivity index (χ1n) is 9.38. The van der Waals surface area contributed by atoms with Gasteiger partial charge < -0.3 is 0 Å². The van der Waals surface area contributed by atoms with Gasteiger partial charge in [0, 0.05) is 0 Å². The fraction of sp³-hybridized carbons (Fsp3) is 0.364. The molecule has 4 rings (SSSR count). The molecular formula is C22H26GeN2. The van der Waals surface area contributed by atoms with E-state index in [-0.39, 0.29) is 0 Å². The van der Waals surface area contributed by atoms with Gasteiger partial charge in [0.05, 0.1) is 0 Å². The van der Waals surface area contributed by atoms with Crippen LogP contribution >= 0.6 is 0 Å². The Hall–Kier alpha value is -1.68. The van der Waals surface area contributed by atoms with E-state index in [4.69, 9.17) is 0 Å². The number of hydrogen-bond acceptors (Lipinski definition) is 2. The predicted molar refractivity (Wildman–Crippen MR) is 109 cm³/mol. The number of aromatic nitrogens is 2. The summed E-state index contributed by atoms with van der Waals surface area (Å²) in [6.07, 6.45) is 7.09. The fourth-order valence-corrected chi connectivity index (χ4v) is 6.39. The van der Waals surface area contributed by atoms with Crippen molar-refractivity contribution < 1.29 is 0 Å². The molecule has 3 aromatic rings. The molecule has 3 heteroatoms. The Morgan fingerprint density at radius 1 is 0.880 bits per heavy atom. The van der Waals surface area contributed by atoms with E-state index >= 15 is 0 Å². The molecular weight excluding hydrogens is 365 g/mol. The maximum atomic E-state index is 4.60. The fourth-order valence-electron chi connectivity index (χ4n) is 3.95. The van der Waals surface area contributed by atoms with Crippen LogP contribution in [-0.4, -0.2) is 23.2 Å². The van der Waals surface area contributed by atoms with Gasteiger partial charge in [-0.3, -0.25) is 0 Å². The molecule has 0 radical (unpaired) electrons. The summed E-state index contributed by atoms with van der Waals surface area (Å²) < 4.78 is 1.53. The zero-order chi connectivity index (χ0) is 17.4. The third-order valence-electron chi connectivity index (χ3n) is 5.51. The average Bonchev–Trinajstić information content (AvgIpc) is 3.15. The van der Waals surface area contributed by atoms with Crippen molar-refractivity contribution in [3.05, 3.63) is 54.4 Å². The number of nitrogens with zero attached hydrogens (tertiary/aromatic N) is 2. The maximum absolute atomic E-state index is 4.60. The van der Waals surface area contributed by atoms with Crippen molar-refractivity contribution in [2.75, 3.05) is 0 Å². The van der Waals surface area contributed by atoms with Crippen LogP contribution in [0.5, 0.6) is 0 Å². The zero-order valence-corrected chi connectivity index (χ0v) is 17.5. The van der Waals surface area contributed by atoms with Gasteiger partial charge in [-0.05, 0) is 0 Å². The molecule has 2 aromatic carbocycles. The molecule has 1 aliphatic carbocycles. The van der Waals surface area contributed by atoms with Gasteiger partial charge in [0.1, 0.15) is 0 Å². The van der Waals surface area contributed by atoms with Gasteiger partial charge in [0.15, 0.2) is 0 Å². The van der Waals surface area contributed by atoms with Gasteiger partial charge in [-0.15, -0.1) is 0 Å². The van der Waals surface area contributed by atoms with Crippen LogP contribution in [-0.2, 0) is 0 Å². The molecule has 25 heavy (non-hydrogen) atoms. The molecule has 1 saturated carbocycles. The van der Waals surface area contributed by atoms with Crippen LogP contribution in [0.1, 0.15) is 37.2 Å². The van der Waals surface area contributed by atoms with Crippen LogP contribution in [0.15, 0.2) is 48.8 Å². The topological polar surface area (TPSA) is 25.8 Å². The standard InChI is InChI=1S/C22H26GeN2/c1-23(2,3)19-11-8-17(9-12-19)22-20-13-10-18(16-6-4-5-7-16)14-21(20)24-15-25-22/h8-16H,4-7H2,1-3H3. The summed E-state index contributed by atoms with van der Waals surface area (Å²) in [6, 6.07) is 15.9.